The molecule has 0 N–H and O–H groups in total. The van der Waals surface area contributed by atoms with Crippen LogP contribution in [0.1, 0.15) is 50.2 Å². The first-order valence-corrected chi connectivity index (χ1v) is 8.62. The second-order valence-corrected chi connectivity index (χ2v) is 6.36. The summed E-state index contributed by atoms with van der Waals surface area (Å²) in [5.74, 6) is 1.61. The molecule has 0 amide bonds. The summed E-state index contributed by atoms with van der Waals surface area (Å²) >= 11 is 0. The predicted octanol–water partition coefficient (Wildman–Crippen LogP) is 5.62. The van der Waals surface area contributed by atoms with Crippen molar-refractivity contribution < 1.29 is 0 Å². The minimum Gasteiger partial charge on any atom is -0.193 e. The summed E-state index contributed by atoms with van der Waals surface area (Å²) in [5.41, 5.74) is 2.92. The number of hydrogen-bond acceptors (Lipinski definition) is 1. The topological polar surface area (TPSA) is 23.8 Å². The standard InChI is InChI=1S/C21H27N/c1-2-18-7-9-20(10-8-18)15-16-21-13-11-19(12-14-21)6-4-3-5-17-22/h3-10,19,21H,2,11-16H2,1H3/b5-3+,6-4+. The van der Waals surface area contributed by atoms with Gasteiger partial charge in [-0.15, -0.1) is 0 Å². The second-order valence-electron chi connectivity index (χ2n) is 6.36. The van der Waals surface area contributed by atoms with E-state index in [9.17, 15) is 0 Å². The summed E-state index contributed by atoms with van der Waals surface area (Å²) in [6.45, 7) is 2.21. The van der Waals surface area contributed by atoms with E-state index in [1.807, 2.05) is 18.2 Å². The summed E-state index contributed by atoms with van der Waals surface area (Å²) in [6.07, 6.45) is 16.7. The molecular weight excluding hydrogens is 266 g/mol. The van der Waals surface area contributed by atoms with Gasteiger partial charge >= 0.3 is 0 Å². The van der Waals surface area contributed by atoms with Gasteiger partial charge in [-0.05, 0) is 67.9 Å². The first-order chi connectivity index (χ1) is 10.8. The Hall–Kier alpha value is -1.81. The quantitative estimate of drug-likeness (QED) is 0.493. The maximum Gasteiger partial charge on any atom is 0.0912 e. The van der Waals surface area contributed by atoms with Crippen molar-refractivity contribution in [3.05, 3.63) is 59.7 Å². The lowest BCUT2D eigenvalue weighted by molar-refractivity contribution is 0.296. The highest BCUT2D eigenvalue weighted by molar-refractivity contribution is 5.22. The lowest BCUT2D eigenvalue weighted by Gasteiger charge is -2.26. The van der Waals surface area contributed by atoms with E-state index < -0.39 is 0 Å². The zero-order valence-electron chi connectivity index (χ0n) is 13.7. The van der Waals surface area contributed by atoms with Gasteiger partial charge in [-0.2, -0.15) is 5.26 Å². The van der Waals surface area contributed by atoms with E-state index >= 15 is 0 Å². The van der Waals surface area contributed by atoms with Gasteiger partial charge in [0.2, 0.25) is 0 Å². The molecule has 0 aliphatic heterocycles. The van der Waals surface area contributed by atoms with Crippen molar-refractivity contribution in [3.63, 3.8) is 0 Å². The van der Waals surface area contributed by atoms with Crippen molar-refractivity contribution in [1.82, 2.24) is 0 Å². The molecule has 2 rings (SSSR count). The van der Waals surface area contributed by atoms with E-state index in [-0.39, 0.29) is 0 Å². The van der Waals surface area contributed by atoms with E-state index in [0.29, 0.717) is 5.92 Å². The number of benzene rings is 1. The molecule has 22 heavy (non-hydrogen) atoms. The van der Waals surface area contributed by atoms with E-state index in [4.69, 9.17) is 5.26 Å². The Morgan fingerprint density at radius 1 is 1.05 bits per heavy atom. The Kier molecular flexibility index (Phi) is 6.97. The molecule has 1 heteroatoms. The van der Waals surface area contributed by atoms with Crippen LogP contribution in [-0.2, 0) is 12.8 Å². The molecule has 0 saturated heterocycles. The van der Waals surface area contributed by atoms with Gasteiger partial charge in [0.1, 0.15) is 0 Å². The fourth-order valence-electron chi connectivity index (χ4n) is 3.30. The molecule has 1 aromatic carbocycles. The van der Waals surface area contributed by atoms with Gasteiger partial charge in [0.25, 0.3) is 0 Å². The molecule has 116 valence electrons. The molecule has 0 radical (unpaired) electrons. The van der Waals surface area contributed by atoms with Gasteiger partial charge in [-0.3, -0.25) is 0 Å². The summed E-state index contributed by atoms with van der Waals surface area (Å²) in [4.78, 5) is 0. The molecule has 0 bridgehead atoms. The van der Waals surface area contributed by atoms with Crippen molar-refractivity contribution in [2.75, 3.05) is 0 Å². The van der Waals surface area contributed by atoms with Crippen LogP contribution in [0.5, 0.6) is 0 Å². The average Bonchev–Trinajstić information content (AvgIpc) is 2.58. The first-order valence-electron chi connectivity index (χ1n) is 8.62. The number of rotatable bonds is 6. The summed E-state index contributed by atoms with van der Waals surface area (Å²) in [6, 6.07) is 11.2. The van der Waals surface area contributed by atoms with Crippen LogP contribution >= 0.6 is 0 Å². The van der Waals surface area contributed by atoms with Crippen LogP contribution in [0, 0.1) is 23.2 Å². The fourth-order valence-corrected chi connectivity index (χ4v) is 3.30. The Bertz CT molecular complexity index is 522. The summed E-state index contributed by atoms with van der Waals surface area (Å²) in [5, 5.41) is 8.45. The molecule has 1 nitrogen and oxygen atoms in total. The van der Waals surface area contributed by atoms with Crippen LogP contribution in [0.25, 0.3) is 0 Å². The third-order valence-corrected chi connectivity index (χ3v) is 4.83. The second kappa shape index (κ2) is 9.26. The Morgan fingerprint density at radius 3 is 2.36 bits per heavy atom. The van der Waals surface area contributed by atoms with Crippen LogP contribution in [0.3, 0.4) is 0 Å². The molecule has 1 aliphatic rings. The molecule has 1 aliphatic carbocycles. The normalized spacial score (nSPS) is 22.2. The smallest absolute Gasteiger partial charge is 0.0912 e. The van der Waals surface area contributed by atoms with Crippen LogP contribution in [0.15, 0.2) is 48.6 Å². The highest BCUT2D eigenvalue weighted by Gasteiger charge is 2.19. The molecule has 0 spiro atoms. The summed E-state index contributed by atoms with van der Waals surface area (Å²) in [7, 11) is 0. The lowest BCUT2D eigenvalue weighted by Crippen LogP contribution is -2.13. The van der Waals surface area contributed by atoms with Crippen LogP contribution in [0.4, 0.5) is 0 Å². The Labute approximate surface area is 135 Å². The van der Waals surface area contributed by atoms with E-state index in [1.54, 1.807) is 0 Å². The molecule has 0 heterocycles. The Balaban J connectivity index is 1.70. The molecule has 0 aromatic heterocycles. The summed E-state index contributed by atoms with van der Waals surface area (Å²) < 4.78 is 0. The van der Waals surface area contributed by atoms with E-state index in [1.165, 1.54) is 55.7 Å². The Morgan fingerprint density at radius 2 is 1.73 bits per heavy atom. The van der Waals surface area contributed by atoms with Crippen LogP contribution < -0.4 is 0 Å². The van der Waals surface area contributed by atoms with Crippen LogP contribution in [0.2, 0.25) is 0 Å². The van der Waals surface area contributed by atoms with Gasteiger partial charge in [-0.1, -0.05) is 49.4 Å². The minimum absolute atomic E-state index is 0.712. The van der Waals surface area contributed by atoms with Crippen molar-refractivity contribution in [2.24, 2.45) is 11.8 Å². The van der Waals surface area contributed by atoms with Crippen molar-refractivity contribution >= 4 is 0 Å². The number of nitriles is 1. The molecule has 1 fully saturated rings. The molecule has 0 unspecified atom stereocenters. The highest BCUT2D eigenvalue weighted by Crippen LogP contribution is 2.32. The van der Waals surface area contributed by atoms with Gasteiger partial charge < -0.3 is 0 Å². The first kappa shape index (κ1) is 16.6. The zero-order chi connectivity index (χ0) is 15.6. The number of nitrogens with zero attached hydrogens (tertiary/aromatic N) is 1. The fraction of sp³-hybridized carbons (Fsp3) is 0.476. The number of aryl methyl sites for hydroxylation is 2. The minimum atomic E-state index is 0.712. The van der Waals surface area contributed by atoms with Gasteiger partial charge in [0.05, 0.1) is 6.07 Å². The molecular formula is C21H27N. The van der Waals surface area contributed by atoms with E-state index in [2.05, 4.69) is 37.3 Å². The van der Waals surface area contributed by atoms with Gasteiger partial charge in [0, 0.05) is 6.08 Å². The van der Waals surface area contributed by atoms with Gasteiger partial charge in [0.15, 0.2) is 0 Å². The maximum absolute atomic E-state index is 8.45. The third-order valence-electron chi connectivity index (χ3n) is 4.83. The average molecular weight is 293 g/mol. The zero-order valence-corrected chi connectivity index (χ0v) is 13.7. The molecule has 1 aromatic rings. The third kappa shape index (κ3) is 5.53. The van der Waals surface area contributed by atoms with Gasteiger partial charge in [-0.25, -0.2) is 0 Å². The SMILES string of the molecule is CCc1ccc(CCC2CCC(/C=C/C=C/C#N)CC2)cc1. The number of hydrogen-bond donors (Lipinski definition) is 0. The maximum atomic E-state index is 8.45. The predicted molar refractivity (Wildman–Crippen MR) is 93.5 cm³/mol. The largest absolute Gasteiger partial charge is 0.193 e. The monoisotopic (exact) mass is 293 g/mol. The molecule has 1 saturated carbocycles. The van der Waals surface area contributed by atoms with Crippen molar-refractivity contribution in [1.29, 1.82) is 5.26 Å². The van der Waals surface area contributed by atoms with Crippen molar-refractivity contribution in [2.45, 2.75) is 51.9 Å². The van der Waals surface area contributed by atoms with E-state index in [0.717, 1.165) is 12.3 Å². The lowest BCUT2D eigenvalue weighted by atomic mass is 9.79. The molecule has 0 atom stereocenters. The highest BCUT2D eigenvalue weighted by atomic mass is 14.2. The van der Waals surface area contributed by atoms with Crippen LogP contribution in [-0.4, -0.2) is 0 Å². The number of allylic oxidation sites excluding steroid dienone is 4. The van der Waals surface area contributed by atoms with Crippen molar-refractivity contribution in [3.8, 4) is 6.07 Å².